The molecule has 0 aromatic carbocycles. The molecule has 0 radical (unpaired) electrons. The van der Waals surface area contributed by atoms with E-state index in [0.29, 0.717) is 6.42 Å². The van der Waals surface area contributed by atoms with E-state index in [4.69, 9.17) is 5.11 Å². The Labute approximate surface area is 91.6 Å². The van der Waals surface area contributed by atoms with E-state index in [1.54, 1.807) is 0 Å². The molecule has 0 aromatic rings. The van der Waals surface area contributed by atoms with E-state index < -0.39 is 15.8 Å². The SMILES string of the molecule is CCCCCCS(=O)(=O)CCCC(=O)O. The van der Waals surface area contributed by atoms with Gasteiger partial charge >= 0.3 is 5.97 Å². The number of hydrogen-bond acceptors (Lipinski definition) is 3. The molecular weight excluding hydrogens is 216 g/mol. The first kappa shape index (κ1) is 14.4. The smallest absolute Gasteiger partial charge is 0.303 e. The molecule has 0 amide bonds. The highest BCUT2D eigenvalue weighted by Crippen LogP contribution is 2.04. The molecule has 0 aliphatic rings. The molecule has 0 aromatic heterocycles. The number of hydrogen-bond donors (Lipinski definition) is 1. The van der Waals surface area contributed by atoms with Gasteiger partial charge in [-0.2, -0.15) is 0 Å². The summed E-state index contributed by atoms with van der Waals surface area (Å²) in [5, 5.41) is 8.36. The van der Waals surface area contributed by atoms with Crippen molar-refractivity contribution in [1.29, 1.82) is 0 Å². The highest BCUT2D eigenvalue weighted by molar-refractivity contribution is 7.91. The summed E-state index contributed by atoms with van der Waals surface area (Å²) in [5.41, 5.74) is 0. The quantitative estimate of drug-likeness (QED) is 0.620. The zero-order chi connectivity index (χ0) is 11.7. The van der Waals surface area contributed by atoms with Gasteiger partial charge in [-0.1, -0.05) is 26.2 Å². The van der Waals surface area contributed by atoms with Crippen LogP contribution in [0.15, 0.2) is 0 Å². The number of sulfone groups is 1. The number of carboxylic acid groups (broad SMARTS) is 1. The standard InChI is InChI=1S/C10H20O4S/c1-2-3-4-5-8-15(13,14)9-6-7-10(11)12/h2-9H2,1H3,(H,11,12). The summed E-state index contributed by atoms with van der Waals surface area (Å²) in [6.45, 7) is 2.07. The maximum absolute atomic E-state index is 11.4. The number of unbranched alkanes of at least 4 members (excludes halogenated alkanes) is 3. The lowest BCUT2D eigenvalue weighted by molar-refractivity contribution is -0.137. The van der Waals surface area contributed by atoms with Crippen LogP contribution in [0.25, 0.3) is 0 Å². The summed E-state index contributed by atoms with van der Waals surface area (Å²) < 4.78 is 22.8. The van der Waals surface area contributed by atoms with Gasteiger partial charge in [0, 0.05) is 6.42 Å². The zero-order valence-electron chi connectivity index (χ0n) is 9.24. The van der Waals surface area contributed by atoms with Gasteiger partial charge in [-0.3, -0.25) is 4.79 Å². The van der Waals surface area contributed by atoms with Crippen molar-refractivity contribution < 1.29 is 18.3 Å². The maximum Gasteiger partial charge on any atom is 0.303 e. The maximum atomic E-state index is 11.4. The third kappa shape index (κ3) is 9.72. The van der Waals surface area contributed by atoms with Crippen LogP contribution in [-0.4, -0.2) is 31.0 Å². The molecular formula is C10H20O4S. The third-order valence-electron chi connectivity index (χ3n) is 2.15. The summed E-state index contributed by atoms with van der Waals surface area (Å²) in [6, 6.07) is 0. The second-order valence-electron chi connectivity index (χ2n) is 3.71. The van der Waals surface area contributed by atoms with Gasteiger partial charge in [-0.15, -0.1) is 0 Å². The molecule has 0 bridgehead atoms. The van der Waals surface area contributed by atoms with E-state index in [0.717, 1.165) is 19.3 Å². The molecule has 0 aliphatic heterocycles. The predicted molar refractivity (Wildman–Crippen MR) is 59.7 cm³/mol. The predicted octanol–water partition coefficient (Wildman–Crippen LogP) is 1.85. The van der Waals surface area contributed by atoms with E-state index in [2.05, 4.69) is 6.92 Å². The van der Waals surface area contributed by atoms with Crippen LogP contribution < -0.4 is 0 Å². The fraction of sp³-hybridized carbons (Fsp3) is 0.900. The summed E-state index contributed by atoms with van der Waals surface area (Å²) in [6.07, 6.45) is 3.95. The second-order valence-corrected chi connectivity index (χ2v) is 6.01. The van der Waals surface area contributed by atoms with Crippen LogP contribution in [0, 0.1) is 0 Å². The Kier molecular flexibility index (Phi) is 7.38. The summed E-state index contributed by atoms with van der Waals surface area (Å²) >= 11 is 0. The summed E-state index contributed by atoms with van der Waals surface area (Å²) in [7, 11) is -3.02. The Balaban J connectivity index is 3.63. The molecule has 90 valence electrons. The minimum atomic E-state index is -3.02. The van der Waals surface area contributed by atoms with Gasteiger partial charge in [0.2, 0.25) is 0 Å². The molecule has 1 N–H and O–H groups in total. The molecule has 5 heteroatoms. The van der Waals surface area contributed by atoms with Gasteiger partial charge in [0.1, 0.15) is 9.84 Å². The van der Waals surface area contributed by atoms with E-state index >= 15 is 0 Å². The summed E-state index contributed by atoms with van der Waals surface area (Å²) in [5.74, 6) is -0.728. The molecule has 0 aliphatic carbocycles. The highest BCUT2D eigenvalue weighted by Gasteiger charge is 2.10. The largest absolute Gasteiger partial charge is 0.481 e. The molecule has 0 saturated heterocycles. The van der Waals surface area contributed by atoms with Gasteiger partial charge in [-0.25, -0.2) is 8.42 Å². The van der Waals surface area contributed by atoms with Crippen molar-refractivity contribution in [1.82, 2.24) is 0 Å². The van der Waals surface area contributed by atoms with E-state index in [1.807, 2.05) is 0 Å². The molecule has 15 heavy (non-hydrogen) atoms. The molecule has 0 fully saturated rings. The number of aliphatic carboxylic acids is 1. The Morgan fingerprint density at radius 3 is 2.20 bits per heavy atom. The van der Waals surface area contributed by atoms with E-state index in [9.17, 15) is 13.2 Å². The molecule has 0 saturated carbocycles. The van der Waals surface area contributed by atoms with Gasteiger partial charge < -0.3 is 5.11 Å². The average molecular weight is 236 g/mol. The van der Waals surface area contributed by atoms with Crippen molar-refractivity contribution in [2.24, 2.45) is 0 Å². The fourth-order valence-corrected chi connectivity index (χ4v) is 2.73. The first-order valence-corrected chi connectivity index (χ1v) is 7.22. The third-order valence-corrected chi connectivity index (χ3v) is 3.98. The lowest BCUT2D eigenvalue weighted by Crippen LogP contribution is -2.12. The number of carboxylic acids is 1. The van der Waals surface area contributed by atoms with Crippen molar-refractivity contribution in [2.45, 2.75) is 45.4 Å². The van der Waals surface area contributed by atoms with Crippen LogP contribution in [0.5, 0.6) is 0 Å². The van der Waals surface area contributed by atoms with Crippen LogP contribution in [0.1, 0.15) is 45.4 Å². The van der Waals surface area contributed by atoms with Crippen molar-refractivity contribution in [3.63, 3.8) is 0 Å². The molecule has 0 unspecified atom stereocenters. The molecule has 0 atom stereocenters. The molecule has 0 heterocycles. The zero-order valence-corrected chi connectivity index (χ0v) is 10.1. The highest BCUT2D eigenvalue weighted by atomic mass is 32.2. The lowest BCUT2D eigenvalue weighted by Gasteiger charge is -2.02. The first-order chi connectivity index (χ1) is 6.98. The minimum absolute atomic E-state index is 0.00538. The van der Waals surface area contributed by atoms with E-state index in [-0.39, 0.29) is 24.3 Å². The van der Waals surface area contributed by atoms with Gasteiger partial charge in [0.15, 0.2) is 0 Å². The summed E-state index contributed by atoms with van der Waals surface area (Å²) in [4.78, 5) is 10.2. The Morgan fingerprint density at radius 2 is 1.67 bits per heavy atom. The van der Waals surface area contributed by atoms with Crippen molar-refractivity contribution in [3.8, 4) is 0 Å². The Hall–Kier alpha value is -0.580. The van der Waals surface area contributed by atoms with Crippen LogP contribution in [0.2, 0.25) is 0 Å². The Bertz CT molecular complexity index is 269. The van der Waals surface area contributed by atoms with Crippen LogP contribution in [-0.2, 0) is 14.6 Å². The first-order valence-electron chi connectivity index (χ1n) is 5.40. The number of carbonyl (C=O) groups is 1. The Morgan fingerprint density at radius 1 is 1.07 bits per heavy atom. The average Bonchev–Trinajstić information content (AvgIpc) is 2.11. The van der Waals surface area contributed by atoms with Crippen LogP contribution >= 0.6 is 0 Å². The van der Waals surface area contributed by atoms with Crippen LogP contribution in [0.3, 0.4) is 0 Å². The van der Waals surface area contributed by atoms with Crippen molar-refractivity contribution in [3.05, 3.63) is 0 Å². The van der Waals surface area contributed by atoms with E-state index in [1.165, 1.54) is 0 Å². The molecule has 0 rings (SSSR count). The number of rotatable bonds is 9. The fourth-order valence-electron chi connectivity index (χ4n) is 1.29. The lowest BCUT2D eigenvalue weighted by atomic mass is 10.2. The van der Waals surface area contributed by atoms with Crippen LogP contribution in [0.4, 0.5) is 0 Å². The van der Waals surface area contributed by atoms with Gasteiger partial charge in [0.25, 0.3) is 0 Å². The molecule has 4 nitrogen and oxygen atoms in total. The van der Waals surface area contributed by atoms with Crippen molar-refractivity contribution >= 4 is 15.8 Å². The second kappa shape index (κ2) is 7.68. The van der Waals surface area contributed by atoms with Crippen molar-refractivity contribution in [2.75, 3.05) is 11.5 Å². The van der Waals surface area contributed by atoms with Gasteiger partial charge in [0.05, 0.1) is 11.5 Å². The minimum Gasteiger partial charge on any atom is -0.481 e. The van der Waals surface area contributed by atoms with Gasteiger partial charge in [-0.05, 0) is 12.8 Å². The normalized spacial score (nSPS) is 11.5. The molecule has 0 spiro atoms. The monoisotopic (exact) mass is 236 g/mol. The topological polar surface area (TPSA) is 71.4 Å².